The molecule has 3 heterocycles. The molecule has 0 fully saturated rings. The molecule has 1 aromatic heterocycles. The largest absolute Gasteiger partial charge is 0.311 e. The van der Waals surface area contributed by atoms with Crippen molar-refractivity contribution in [3.8, 4) is 0 Å². The predicted octanol–water partition coefficient (Wildman–Crippen LogP) is 17.5. The zero-order valence-electron chi connectivity index (χ0n) is 45.0. The summed E-state index contributed by atoms with van der Waals surface area (Å²) in [5.41, 5.74) is 23.7. The number of benzene rings is 8. The molecule has 364 valence electrons. The lowest BCUT2D eigenvalue weighted by Gasteiger charge is -2.46. The lowest BCUT2D eigenvalue weighted by molar-refractivity contribution is 0.332. The maximum absolute atomic E-state index is 2.70. The Morgan fingerprint density at radius 3 is 1.74 bits per heavy atom. The molecule has 0 spiro atoms. The third-order valence-corrected chi connectivity index (χ3v) is 18.8. The van der Waals surface area contributed by atoms with Crippen LogP contribution in [0.2, 0.25) is 0 Å². The zero-order valence-corrected chi connectivity index (χ0v) is 45.8. The monoisotopic (exact) mass is 970 g/mol. The number of rotatable bonds is 5. The highest BCUT2D eigenvalue weighted by atomic mass is 32.1. The molecule has 0 atom stereocenters. The lowest BCUT2D eigenvalue weighted by atomic mass is 9.33. The van der Waals surface area contributed by atoms with Gasteiger partial charge in [-0.05, 0) is 182 Å². The Morgan fingerprint density at radius 1 is 0.479 bits per heavy atom. The first-order chi connectivity index (χ1) is 34.7. The molecule has 13 rings (SSSR count). The van der Waals surface area contributed by atoms with Gasteiger partial charge in [0.2, 0.25) is 0 Å². The van der Waals surface area contributed by atoms with E-state index in [-0.39, 0.29) is 33.8 Å². The third kappa shape index (κ3) is 6.97. The summed E-state index contributed by atoms with van der Waals surface area (Å²) in [5, 5.41) is 2.67. The molecule has 2 aliphatic carbocycles. The van der Waals surface area contributed by atoms with Crippen LogP contribution in [0.5, 0.6) is 0 Å². The second-order valence-corrected chi connectivity index (χ2v) is 26.7. The van der Waals surface area contributed by atoms with Crippen LogP contribution in [-0.4, -0.2) is 6.71 Å². The first kappa shape index (κ1) is 46.2. The molecule has 0 bridgehead atoms. The highest BCUT2D eigenvalue weighted by Gasteiger charge is 2.49. The molecule has 0 radical (unpaired) electrons. The van der Waals surface area contributed by atoms with E-state index in [0.29, 0.717) is 0 Å². The minimum Gasteiger partial charge on any atom is -0.311 e. The molecule has 0 saturated carbocycles. The normalized spacial score (nSPS) is 17.5. The van der Waals surface area contributed by atoms with Crippen molar-refractivity contribution in [2.75, 3.05) is 14.7 Å². The fourth-order valence-corrected chi connectivity index (χ4v) is 15.7. The zero-order chi connectivity index (χ0) is 50.7. The van der Waals surface area contributed by atoms with Crippen LogP contribution in [0.4, 0.5) is 51.2 Å². The number of para-hydroxylation sites is 2. The average molecular weight is 970 g/mol. The van der Waals surface area contributed by atoms with Crippen molar-refractivity contribution in [2.45, 2.75) is 129 Å². The Balaban J connectivity index is 1.15. The van der Waals surface area contributed by atoms with E-state index < -0.39 is 0 Å². The van der Waals surface area contributed by atoms with Crippen LogP contribution >= 0.6 is 11.3 Å². The van der Waals surface area contributed by atoms with E-state index in [4.69, 9.17) is 0 Å². The molecule has 4 aliphatic rings. The average Bonchev–Trinajstić information content (AvgIpc) is 3.82. The second kappa shape index (κ2) is 15.7. The molecule has 0 N–H and O–H groups in total. The van der Waals surface area contributed by atoms with E-state index in [1.54, 1.807) is 0 Å². The Labute approximate surface area is 438 Å². The summed E-state index contributed by atoms with van der Waals surface area (Å²) in [6.45, 7) is 29.3. The van der Waals surface area contributed by atoms with Gasteiger partial charge >= 0.3 is 0 Å². The summed E-state index contributed by atoms with van der Waals surface area (Å²) in [7, 11) is 0. The molecule has 8 aromatic carbocycles. The van der Waals surface area contributed by atoms with Crippen LogP contribution in [0.3, 0.4) is 0 Å². The van der Waals surface area contributed by atoms with Gasteiger partial charge in [0.1, 0.15) is 0 Å². The Hall–Kier alpha value is -6.56. The molecular weight excluding hydrogens is 902 g/mol. The SMILES string of the molecule is Cc1cc2c3c(c1)N(c1ccc4c(sc5ccccc54)c1C(C)(C)C)c1cc(N(c4ccccc4)c4ccccc4)ccc1B3c1cc3c(cc1N2c1ccc2c(c1)C(C)(C)CCC2(C)C)C(C)(C)CC3(C)C. The molecule has 0 amide bonds. The van der Waals surface area contributed by atoms with Crippen LogP contribution in [0, 0.1) is 6.92 Å². The molecule has 5 heteroatoms. The van der Waals surface area contributed by atoms with Gasteiger partial charge in [0.05, 0.1) is 5.69 Å². The first-order valence-electron chi connectivity index (χ1n) is 26.8. The highest BCUT2D eigenvalue weighted by molar-refractivity contribution is 7.26. The van der Waals surface area contributed by atoms with E-state index in [1.807, 2.05) is 11.3 Å². The van der Waals surface area contributed by atoms with Crippen molar-refractivity contribution in [1.29, 1.82) is 0 Å². The number of hydrogen-bond acceptors (Lipinski definition) is 4. The Bertz CT molecular complexity index is 3700. The van der Waals surface area contributed by atoms with Gasteiger partial charge in [-0.15, -0.1) is 11.3 Å². The van der Waals surface area contributed by atoms with Gasteiger partial charge < -0.3 is 14.7 Å². The summed E-state index contributed by atoms with van der Waals surface area (Å²) in [5.74, 6) is 0. The maximum atomic E-state index is 2.70. The van der Waals surface area contributed by atoms with Crippen molar-refractivity contribution in [1.82, 2.24) is 0 Å². The van der Waals surface area contributed by atoms with Gasteiger partial charge in [0.25, 0.3) is 6.71 Å². The lowest BCUT2D eigenvalue weighted by Crippen LogP contribution is -2.61. The van der Waals surface area contributed by atoms with Gasteiger partial charge in [-0.25, -0.2) is 0 Å². The molecule has 0 unspecified atom stereocenters. The molecular formula is C68H68BN3S. The summed E-state index contributed by atoms with van der Waals surface area (Å²) >= 11 is 1.95. The first-order valence-corrected chi connectivity index (χ1v) is 27.6. The van der Waals surface area contributed by atoms with Crippen molar-refractivity contribution < 1.29 is 0 Å². The summed E-state index contributed by atoms with van der Waals surface area (Å²) < 4.78 is 2.70. The minimum absolute atomic E-state index is 0.0111. The van der Waals surface area contributed by atoms with Crippen molar-refractivity contribution in [3.05, 3.63) is 191 Å². The summed E-state index contributed by atoms with van der Waals surface area (Å²) in [6, 6.07) is 60.9. The van der Waals surface area contributed by atoms with Crippen molar-refractivity contribution >= 4 is 106 Å². The van der Waals surface area contributed by atoms with E-state index in [0.717, 1.165) is 23.5 Å². The molecule has 0 saturated heterocycles. The fraction of sp³-hybridized carbons (Fsp3) is 0.294. The minimum atomic E-state index is -0.185. The van der Waals surface area contributed by atoms with Crippen LogP contribution in [0.25, 0.3) is 20.2 Å². The fourth-order valence-electron chi connectivity index (χ4n) is 14.3. The Morgan fingerprint density at radius 2 is 1.07 bits per heavy atom. The number of hydrogen-bond donors (Lipinski definition) is 0. The smallest absolute Gasteiger partial charge is 0.252 e. The van der Waals surface area contributed by atoms with Crippen LogP contribution in [0.15, 0.2) is 158 Å². The van der Waals surface area contributed by atoms with Gasteiger partial charge in [-0.2, -0.15) is 0 Å². The van der Waals surface area contributed by atoms with Gasteiger partial charge in [0, 0.05) is 65.7 Å². The second-order valence-electron chi connectivity index (χ2n) is 25.7. The highest BCUT2D eigenvalue weighted by Crippen LogP contribution is 2.56. The van der Waals surface area contributed by atoms with Crippen LogP contribution in [-0.2, 0) is 27.1 Å². The third-order valence-electron chi connectivity index (χ3n) is 17.6. The molecule has 73 heavy (non-hydrogen) atoms. The standard InChI is InChI=1S/C68H68BN3S/c1-42-35-58-62-59(36-42)72(55-32-29-48-47-25-19-20-26-60(47)73-63(48)61(55)64(2,3)4)56-38-46(70(43-21-15-13-16-22-43)44-23-17-14-18-24-44)28-31-53(56)69(62)54-39-51-52(68(11,12)41-67(51,9)10)40-57(54)71(58)45-27-30-49-50(37-45)66(7,8)34-33-65(49,5)6/h13-32,35-40H,33-34,41H2,1-12H3. The quantitative estimate of drug-likeness (QED) is 0.159. The number of nitrogens with zero attached hydrogens (tertiary/aromatic N) is 3. The molecule has 3 nitrogen and oxygen atoms in total. The Kier molecular flexibility index (Phi) is 9.97. The summed E-state index contributed by atoms with van der Waals surface area (Å²) in [6.07, 6.45) is 3.48. The van der Waals surface area contributed by atoms with Gasteiger partial charge in [-0.3, -0.25) is 0 Å². The predicted molar refractivity (Wildman–Crippen MR) is 317 cm³/mol. The number of thiophene rings is 1. The van der Waals surface area contributed by atoms with Crippen LogP contribution < -0.4 is 31.1 Å². The van der Waals surface area contributed by atoms with E-state index in [9.17, 15) is 0 Å². The maximum Gasteiger partial charge on any atom is 0.252 e. The molecule has 9 aromatic rings. The number of aryl methyl sites for hydroxylation is 1. The summed E-state index contributed by atoms with van der Waals surface area (Å²) in [4.78, 5) is 7.82. The number of fused-ring (bicyclic) bond motifs is 9. The van der Waals surface area contributed by atoms with Gasteiger partial charge in [0.15, 0.2) is 0 Å². The van der Waals surface area contributed by atoms with Crippen LogP contribution in [0.1, 0.15) is 129 Å². The van der Waals surface area contributed by atoms with Gasteiger partial charge in [-0.1, -0.05) is 155 Å². The van der Waals surface area contributed by atoms with E-state index in [1.165, 1.54) is 117 Å². The van der Waals surface area contributed by atoms with E-state index >= 15 is 0 Å². The topological polar surface area (TPSA) is 9.72 Å². The van der Waals surface area contributed by atoms with E-state index in [2.05, 4.69) is 256 Å². The molecule has 2 aliphatic heterocycles. The number of anilines is 9. The van der Waals surface area contributed by atoms with Crippen molar-refractivity contribution in [3.63, 3.8) is 0 Å². The van der Waals surface area contributed by atoms with Crippen molar-refractivity contribution in [2.24, 2.45) is 0 Å².